The first-order valence-electron chi connectivity index (χ1n) is 11.2. The number of carbonyl (C=O) groups is 2. The normalized spacial score (nSPS) is 16.8. The van der Waals surface area contributed by atoms with Crippen LogP contribution < -0.4 is 5.32 Å². The zero-order chi connectivity index (χ0) is 22.5. The van der Waals surface area contributed by atoms with Crippen LogP contribution in [0.15, 0.2) is 29.3 Å². The molecule has 0 aliphatic carbocycles. The summed E-state index contributed by atoms with van der Waals surface area (Å²) in [6, 6.07) is 7.52. The second kappa shape index (κ2) is 10.6. The Bertz CT molecular complexity index is 922. The minimum atomic E-state index is -0.617. The summed E-state index contributed by atoms with van der Waals surface area (Å²) in [6.07, 6.45) is 1.79. The van der Waals surface area contributed by atoms with Gasteiger partial charge in [-0.1, -0.05) is 43.8 Å². The largest absolute Gasteiger partial charge is 0.379 e. The van der Waals surface area contributed by atoms with E-state index >= 15 is 0 Å². The molecule has 0 saturated heterocycles. The summed E-state index contributed by atoms with van der Waals surface area (Å²) in [5, 5.41) is 5.12. The van der Waals surface area contributed by atoms with Gasteiger partial charge in [-0.25, -0.2) is 0 Å². The Balaban J connectivity index is 1.94. The van der Waals surface area contributed by atoms with E-state index in [4.69, 9.17) is 4.74 Å². The number of hydrogen-bond donors (Lipinski definition) is 1. The average molecular weight is 446 g/mol. The molecule has 0 spiro atoms. The smallest absolute Gasteiger partial charge is 0.247 e. The Morgan fingerprint density at radius 2 is 2.00 bits per heavy atom. The van der Waals surface area contributed by atoms with Gasteiger partial charge in [-0.2, -0.15) is 0 Å². The lowest BCUT2D eigenvalue weighted by Crippen LogP contribution is -2.44. The lowest BCUT2D eigenvalue weighted by Gasteiger charge is -2.30. The van der Waals surface area contributed by atoms with Crippen molar-refractivity contribution in [2.75, 3.05) is 25.4 Å². The maximum absolute atomic E-state index is 13.5. The predicted molar refractivity (Wildman–Crippen MR) is 126 cm³/mol. The van der Waals surface area contributed by atoms with Gasteiger partial charge in [0, 0.05) is 43.2 Å². The van der Waals surface area contributed by atoms with Gasteiger partial charge in [-0.3, -0.25) is 9.59 Å². The zero-order valence-electron chi connectivity index (χ0n) is 19.3. The summed E-state index contributed by atoms with van der Waals surface area (Å²) in [5.74, 6) is 0.713. The third-order valence-corrected chi connectivity index (χ3v) is 6.75. The van der Waals surface area contributed by atoms with Crippen LogP contribution >= 0.6 is 11.8 Å². The van der Waals surface area contributed by atoms with E-state index in [9.17, 15) is 9.59 Å². The first kappa shape index (κ1) is 23.7. The van der Waals surface area contributed by atoms with Gasteiger partial charge in [-0.05, 0) is 38.7 Å². The van der Waals surface area contributed by atoms with Crippen molar-refractivity contribution in [1.82, 2.24) is 14.8 Å². The number of ether oxygens (including phenoxy) is 1. The Hall–Kier alpha value is -1.99. The molecular weight excluding hydrogens is 410 g/mol. The fourth-order valence-corrected chi connectivity index (χ4v) is 5.07. The topological polar surface area (TPSA) is 63.6 Å². The molecule has 2 amide bonds. The van der Waals surface area contributed by atoms with Gasteiger partial charge in [0.1, 0.15) is 6.04 Å². The van der Waals surface area contributed by atoms with Crippen molar-refractivity contribution >= 4 is 34.5 Å². The van der Waals surface area contributed by atoms with Crippen LogP contribution in [-0.4, -0.2) is 52.8 Å². The Morgan fingerprint density at radius 1 is 1.26 bits per heavy atom. The molecule has 0 saturated carbocycles. The number of aryl methyl sites for hydroxylation is 1. The minimum absolute atomic E-state index is 0.0224. The maximum Gasteiger partial charge on any atom is 0.247 e. The quantitative estimate of drug-likeness (QED) is 0.590. The van der Waals surface area contributed by atoms with Gasteiger partial charge in [-0.15, -0.1) is 0 Å². The predicted octanol–water partition coefficient (Wildman–Crippen LogP) is 4.13. The van der Waals surface area contributed by atoms with Gasteiger partial charge >= 0.3 is 0 Å². The average Bonchev–Trinajstić information content (AvgIpc) is 2.90. The van der Waals surface area contributed by atoms with E-state index in [0.29, 0.717) is 31.4 Å². The molecule has 1 atom stereocenters. The van der Waals surface area contributed by atoms with E-state index in [1.54, 1.807) is 4.90 Å². The Morgan fingerprint density at radius 3 is 2.71 bits per heavy atom. The number of carbonyl (C=O) groups excluding carboxylic acids is 2. The molecule has 6 nitrogen and oxygen atoms in total. The van der Waals surface area contributed by atoms with Crippen molar-refractivity contribution in [2.45, 2.75) is 57.7 Å². The Kier molecular flexibility index (Phi) is 8.06. The van der Waals surface area contributed by atoms with Crippen LogP contribution in [0.25, 0.3) is 10.9 Å². The van der Waals surface area contributed by atoms with Gasteiger partial charge in [0.25, 0.3) is 0 Å². The van der Waals surface area contributed by atoms with Crippen molar-refractivity contribution in [3.63, 3.8) is 0 Å². The maximum atomic E-state index is 13.5. The Labute approximate surface area is 189 Å². The van der Waals surface area contributed by atoms with Gasteiger partial charge in [0.05, 0.1) is 16.9 Å². The van der Waals surface area contributed by atoms with Crippen molar-refractivity contribution < 1.29 is 14.3 Å². The van der Waals surface area contributed by atoms with Gasteiger partial charge in [0.2, 0.25) is 11.8 Å². The summed E-state index contributed by atoms with van der Waals surface area (Å²) in [4.78, 5) is 28.4. The third kappa shape index (κ3) is 5.44. The zero-order valence-corrected chi connectivity index (χ0v) is 20.1. The summed E-state index contributed by atoms with van der Waals surface area (Å²) in [6.45, 7) is 10.0. The second-order valence-corrected chi connectivity index (χ2v) is 9.78. The summed E-state index contributed by atoms with van der Waals surface area (Å²) >= 11 is 1.54. The number of para-hydroxylation sites is 1. The number of rotatable bonds is 9. The number of nitrogens with one attached hydrogen (secondary N) is 1. The van der Waals surface area contributed by atoms with Crippen molar-refractivity contribution in [1.29, 1.82) is 0 Å². The van der Waals surface area contributed by atoms with Crippen LogP contribution in [0, 0.1) is 5.92 Å². The fraction of sp³-hybridized carbons (Fsp3) is 0.583. The third-order valence-electron chi connectivity index (χ3n) is 5.60. The van der Waals surface area contributed by atoms with Crippen molar-refractivity contribution in [3.05, 3.63) is 29.8 Å². The first-order chi connectivity index (χ1) is 14.8. The SMILES string of the molecule is CC(C)CCN1C(=O)CSc2c(c3ccccc3n2C)C1C(=O)NCCCOC(C)C. The highest BCUT2D eigenvalue weighted by Crippen LogP contribution is 2.41. The first-order valence-corrected chi connectivity index (χ1v) is 12.2. The highest BCUT2D eigenvalue weighted by atomic mass is 32.2. The molecule has 1 unspecified atom stereocenters. The molecule has 3 rings (SSSR count). The lowest BCUT2D eigenvalue weighted by atomic mass is 10.0. The van der Waals surface area contributed by atoms with Gasteiger partial charge in [0.15, 0.2) is 0 Å². The van der Waals surface area contributed by atoms with Gasteiger partial charge < -0.3 is 19.5 Å². The number of fused-ring (bicyclic) bond motifs is 3. The van der Waals surface area contributed by atoms with E-state index in [2.05, 4.69) is 35.9 Å². The molecule has 0 radical (unpaired) electrons. The second-order valence-electron chi connectivity index (χ2n) is 8.82. The highest BCUT2D eigenvalue weighted by Gasteiger charge is 2.38. The number of amides is 2. The summed E-state index contributed by atoms with van der Waals surface area (Å²) < 4.78 is 7.70. The van der Waals surface area contributed by atoms with E-state index in [1.807, 2.05) is 33.0 Å². The molecule has 2 aromatic rings. The number of thioether (sulfide) groups is 1. The van der Waals surface area contributed by atoms with Crippen LogP contribution in [-0.2, 0) is 21.4 Å². The molecule has 7 heteroatoms. The molecular formula is C24H35N3O3S. The van der Waals surface area contributed by atoms with E-state index in [0.717, 1.165) is 34.3 Å². The molecule has 170 valence electrons. The van der Waals surface area contributed by atoms with Crippen LogP contribution in [0.1, 0.15) is 52.1 Å². The molecule has 1 aromatic heterocycles. The fourth-order valence-electron chi connectivity index (χ4n) is 3.97. The molecule has 2 heterocycles. The molecule has 1 aromatic carbocycles. The molecule has 1 aliphatic heterocycles. The summed E-state index contributed by atoms with van der Waals surface area (Å²) in [7, 11) is 2.01. The van der Waals surface area contributed by atoms with Crippen LogP contribution in [0.3, 0.4) is 0 Å². The number of aromatic nitrogens is 1. The molecule has 0 bridgehead atoms. The number of hydrogen-bond acceptors (Lipinski definition) is 4. The minimum Gasteiger partial charge on any atom is -0.379 e. The van der Waals surface area contributed by atoms with E-state index < -0.39 is 6.04 Å². The molecule has 31 heavy (non-hydrogen) atoms. The van der Waals surface area contributed by atoms with E-state index in [1.165, 1.54) is 11.8 Å². The monoisotopic (exact) mass is 445 g/mol. The van der Waals surface area contributed by atoms with Crippen LogP contribution in [0.2, 0.25) is 0 Å². The standard InChI is InChI=1S/C24H35N3O3S/c1-16(2)11-13-27-20(28)15-31-24-21(18-9-6-7-10-19(18)26(24)5)22(27)23(29)25-12-8-14-30-17(3)4/h6-7,9-10,16-17,22H,8,11-15H2,1-5H3,(H,25,29). The highest BCUT2D eigenvalue weighted by molar-refractivity contribution is 8.00. The van der Waals surface area contributed by atoms with Crippen LogP contribution in [0.4, 0.5) is 0 Å². The lowest BCUT2D eigenvalue weighted by molar-refractivity contribution is -0.139. The molecule has 1 N–H and O–H groups in total. The number of nitrogens with zero attached hydrogens (tertiary/aromatic N) is 2. The van der Waals surface area contributed by atoms with Crippen molar-refractivity contribution in [3.8, 4) is 0 Å². The summed E-state index contributed by atoms with van der Waals surface area (Å²) in [5.41, 5.74) is 2.04. The molecule has 0 fully saturated rings. The van der Waals surface area contributed by atoms with E-state index in [-0.39, 0.29) is 17.9 Å². The number of benzene rings is 1. The van der Waals surface area contributed by atoms with Crippen LogP contribution in [0.5, 0.6) is 0 Å². The molecule has 1 aliphatic rings. The van der Waals surface area contributed by atoms with Crippen molar-refractivity contribution in [2.24, 2.45) is 13.0 Å².